The predicted octanol–water partition coefficient (Wildman–Crippen LogP) is 6.73. The maximum atomic E-state index is 13.4. The fraction of sp³-hybridized carbons (Fsp3) is 0.100. The molecule has 0 radical (unpaired) electrons. The summed E-state index contributed by atoms with van der Waals surface area (Å²) in [5.74, 6) is -1.51. The van der Waals surface area contributed by atoms with Gasteiger partial charge in [0.15, 0.2) is 0 Å². The second-order valence-electron chi connectivity index (χ2n) is 8.58. The molecule has 1 unspecified atom stereocenters. The molecule has 0 aliphatic carbocycles. The Bertz CT molecular complexity index is 1440. The van der Waals surface area contributed by atoms with E-state index in [4.69, 9.17) is 0 Å². The number of carbonyl (C=O) groups is 3. The van der Waals surface area contributed by atoms with Crippen LogP contribution in [0.25, 0.3) is 0 Å². The van der Waals surface area contributed by atoms with Gasteiger partial charge in [-0.15, -0.1) is 11.8 Å². The highest BCUT2D eigenvalue weighted by Crippen LogP contribution is 2.37. The van der Waals surface area contributed by atoms with Gasteiger partial charge in [-0.25, -0.2) is 4.79 Å². The van der Waals surface area contributed by atoms with E-state index in [1.807, 2.05) is 74.5 Å². The number of thioether (sulfide) groups is 1. The minimum atomic E-state index is -1.06. The van der Waals surface area contributed by atoms with Gasteiger partial charge in [0.05, 0.1) is 5.56 Å². The summed E-state index contributed by atoms with van der Waals surface area (Å²) in [6, 6.07) is 28.7. The number of anilines is 2. The SMILES string of the molecule is Cc1cccc(C(=O)Nc2ccc(SC(C(=O)Nc3cc(C(=O)O)ccc3C)c3ccccc3)cc2)c1. The summed E-state index contributed by atoms with van der Waals surface area (Å²) in [5, 5.41) is 14.5. The normalized spacial score (nSPS) is 11.4. The maximum absolute atomic E-state index is 13.4. The molecule has 2 amide bonds. The molecule has 0 aliphatic rings. The van der Waals surface area contributed by atoms with E-state index >= 15 is 0 Å². The number of aryl methyl sites for hydroxylation is 2. The largest absolute Gasteiger partial charge is 0.478 e. The van der Waals surface area contributed by atoms with Gasteiger partial charge in [-0.2, -0.15) is 0 Å². The summed E-state index contributed by atoms with van der Waals surface area (Å²) in [5.41, 5.74) is 4.39. The maximum Gasteiger partial charge on any atom is 0.335 e. The Hall–Kier alpha value is -4.36. The summed E-state index contributed by atoms with van der Waals surface area (Å²) < 4.78 is 0. The van der Waals surface area contributed by atoms with Gasteiger partial charge in [0.2, 0.25) is 5.91 Å². The van der Waals surface area contributed by atoms with Crippen molar-refractivity contribution in [2.75, 3.05) is 10.6 Å². The lowest BCUT2D eigenvalue weighted by atomic mass is 10.1. The van der Waals surface area contributed by atoms with E-state index in [9.17, 15) is 19.5 Å². The number of carbonyl (C=O) groups excluding carboxylic acids is 2. The number of hydrogen-bond donors (Lipinski definition) is 3. The van der Waals surface area contributed by atoms with Crippen LogP contribution in [0.3, 0.4) is 0 Å². The van der Waals surface area contributed by atoms with E-state index < -0.39 is 11.2 Å². The van der Waals surface area contributed by atoms with Crippen molar-refractivity contribution in [3.05, 3.63) is 125 Å². The molecule has 1 atom stereocenters. The minimum Gasteiger partial charge on any atom is -0.478 e. The number of aromatic carboxylic acids is 1. The van der Waals surface area contributed by atoms with Crippen molar-refractivity contribution < 1.29 is 19.5 Å². The first-order chi connectivity index (χ1) is 17.8. The molecule has 0 fully saturated rings. The zero-order chi connectivity index (χ0) is 26.4. The van der Waals surface area contributed by atoms with E-state index in [1.54, 1.807) is 24.3 Å². The average Bonchev–Trinajstić information content (AvgIpc) is 2.89. The topological polar surface area (TPSA) is 95.5 Å². The lowest BCUT2D eigenvalue weighted by molar-refractivity contribution is -0.115. The fourth-order valence-electron chi connectivity index (χ4n) is 3.73. The molecule has 186 valence electrons. The number of amides is 2. The van der Waals surface area contributed by atoms with Crippen LogP contribution in [0, 0.1) is 13.8 Å². The van der Waals surface area contributed by atoms with Crippen LogP contribution in [0.1, 0.15) is 42.7 Å². The van der Waals surface area contributed by atoms with Crippen LogP contribution in [0.4, 0.5) is 11.4 Å². The first-order valence-electron chi connectivity index (χ1n) is 11.6. The molecule has 0 bridgehead atoms. The van der Waals surface area contributed by atoms with Crippen LogP contribution in [0.15, 0.2) is 102 Å². The molecule has 7 heteroatoms. The number of benzene rings is 4. The number of carboxylic acid groups (broad SMARTS) is 1. The third-order valence-electron chi connectivity index (χ3n) is 5.73. The molecule has 4 aromatic carbocycles. The summed E-state index contributed by atoms with van der Waals surface area (Å²) in [7, 11) is 0. The highest BCUT2D eigenvalue weighted by Gasteiger charge is 2.23. The van der Waals surface area contributed by atoms with E-state index in [-0.39, 0.29) is 17.4 Å². The number of hydrogen-bond acceptors (Lipinski definition) is 4. The highest BCUT2D eigenvalue weighted by molar-refractivity contribution is 8.00. The molecule has 37 heavy (non-hydrogen) atoms. The Morgan fingerprint density at radius 3 is 2.16 bits per heavy atom. The second-order valence-corrected chi connectivity index (χ2v) is 9.76. The number of rotatable bonds is 8. The summed E-state index contributed by atoms with van der Waals surface area (Å²) >= 11 is 1.37. The van der Waals surface area contributed by atoms with Gasteiger partial charge >= 0.3 is 5.97 Å². The van der Waals surface area contributed by atoms with Crippen molar-refractivity contribution in [1.82, 2.24) is 0 Å². The van der Waals surface area contributed by atoms with E-state index in [2.05, 4.69) is 10.6 Å². The van der Waals surface area contributed by atoms with E-state index in [0.29, 0.717) is 16.9 Å². The monoisotopic (exact) mass is 510 g/mol. The molecule has 4 aromatic rings. The summed E-state index contributed by atoms with van der Waals surface area (Å²) in [4.78, 5) is 38.2. The zero-order valence-electron chi connectivity index (χ0n) is 20.4. The number of nitrogens with one attached hydrogen (secondary N) is 2. The molecule has 0 heterocycles. The van der Waals surface area contributed by atoms with Crippen LogP contribution in [0.2, 0.25) is 0 Å². The molecular formula is C30H26N2O4S. The van der Waals surface area contributed by atoms with E-state index in [0.717, 1.165) is 21.6 Å². The van der Waals surface area contributed by atoms with Gasteiger partial charge in [0.1, 0.15) is 5.25 Å². The smallest absolute Gasteiger partial charge is 0.335 e. The van der Waals surface area contributed by atoms with Gasteiger partial charge in [0.25, 0.3) is 5.91 Å². The van der Waals surface area contributed by atoms with Gasteiger partial charge in [-0.1, -0.05) is 54.1 Å². The van der Waals surface area contributed by atoms with Crippen LogP contribution < -0.4 is 10.6 Å². The van der Waals surface area contributed by atoms with Gasteiger partial charge in [0, 0.05) is 21.8 Å². The third kappa shape index (κ3) is 6.65. The molecule has 0 spiro atoms. The van der Waals surface area contributed by atoms with Crippen molar-refractivity contribution in [3.63, 3.8) is 0 Å². The quantitative estimate of drug-likeness (QED) is 0.229. The van der Waals surface area contributed by atoms with Crippen molar-refractivity contribution in [2.45, 2.75) is 24.0 Å². The average molecular weight is 511 g/mol. The molecule has 6 nitrogen and oxygen atoms in total. The van der Waals surface area contributed by atoms with E-state index in [1.165, 1.54) is 23.9 Å². The van der Waals surface area contributed by atoms with Crippen molar-refractivity contribution in [3.8, 4) is 0 Å². The second kappa shape index (κ2) is 11.6. The summed E-state index contributed by atoms with van der Waals surface area (Å²) in [6.45, 7) is 3.75. The zero-order valence-corrected chi connectivity index (χ0v) is 21.2. The third-order valence-corrected chi connectivity index (χ3v) is 7.00. The lowest BCUT2D eigenvalue weighted by Gasteiger charge is -2.18. The van der Waals surface area contributed by atoms with Gasteiger partial charge < -0.3 is 15.7 Å². The van der Waals surface area contributed by atoms with Crippen LogP contribution in [0.5, 0.6) is 0 Å². The lowest BCUT2D eigenvalue weighted by Crippen LogP contribution is -2.20. The molecule has 0 saturated carbocycles. The standard InChI is InChI=1S/C30H26N2O4S/c1-19-7-6-10-22(17-19)28(33)31-24-13-15-25(16-14-24)37-27(21-8-4-3-5-9-21)29(34)32-26-18-23(30(35)36)12-11-20(26)2/h3-18,27H,1-2H3,(H,31,33)(H,32,34)(H,35,36). The van der Waals surface area contributed by atoms with Crippen molar-refractivity contribution >= 4 is 40.9 Å². The molecular weight excluding hydrogens is 484 g/mol. The van der Waals surface area contributed by atoms with Crippen molar-refractivity contribution in [2.24, 2.45) is 0 Å². The Balaban J connectivity index is 1.52. The Morgan fingerprint density at radius 1 is 0.757 bits per heavy atom. The van der Waals surface area contributed by atoms with Crippen LogP contribution in [-0.4, -0.2) is 22.9 Å². The number of carboxylic acids is 1. The molecule has 0 aliphatic heterocycles. The van der Waals surface area contributed by atoms with Gasteiger partial charge in [-0.05, 0) is 73.5 Å². The van der Waals surface area contributed by atoms with Crippen LogP contribution >= 0.6 is 11.8 Å². The first kappa shape index (κ1) is 25.7. The highest BCUT2D eigenvalue weighted by atomic mass is 32.2. The fourth-order valence-corrected chi connectivity index (χ4v) is 4.76. The van der Waals surface area contributed by atoms with Crippen molar-refractivity contribution in [1.29, 1.82) is 0 Å². The van der Waals surface area contributed by atoms with Crippen LogP contribution in [-0.2, 0) is 4.79 Å². The predicted molar refractivity (Wildman–Crippen MR) is 147 cm³/mol. The molecule has 0 aromatic heterocycles. The molecule has 4 rings (SSSR count). The summed E-state index contributed by atoms with van der Waals surface area (Å²) in [6.07, 6.45) is 0. The Labute approximate surface area is 219 Å². The molecule has 3 N–H and O–H groups in total. The Morgan fingerprint density at radius 2 is 1.49 bits per heavy atom. The first-order valence-corrected chi connectivity index (χ1v) is 12.5. The minimum absolute atomic E-state index is 0.105. The molecule has 0 saturated heterocycles. The Kier molecular flexibility index (Phi) is 8.05. The van der Waals surface area contributed by atoms with Gasteiger partial charge in [-0.3, -0.25) is 9.59 Å².